The van der Waals surface area contributed by atoms with E-state index in [4.69, 9.17) is 0 Å². The first-order valence-electron chi connectivity index (χ1n) is 4.39. The molecule has 1 atom stereocenters. The molecule has 60 valence electrons. The first-order valence-corrected chi connectivity index (χ1v) is 4.39. The maximum Gasteiger partial charge on any atom is -0.0443 e. The van der Waals surface area contributed by atoms with Crippen molar-refractivity contribution >= 4 is 0 Å². The van der Waals surface area contributed by atoms with Gasteiger partial charge in [-0.15, -0.1) is 0 Å². The molecule has 0 bridgehead atoms. The zero-order valence-electron chi connectivity index (χ0n) is 7.23. The lowest BCUT2D eigenvalue weighted by atomic mass is 9.99. The second-order valence-corrected chi connectivity index (χ2v) is 3.10. The SMILES string of the molecule is [CH2]CCCCC(C)CC[CH2]. The van der Waals surface area contributed by atoms with E-state index in [0.29, 0.717) is 0 Å². The summed E-state index contributed by atoms with van der Waals surface area (Å²) in [6.45, 7) is 9.97. The van der Waals surface area contributed by atoms with Gasteiger partial charge >= 0.3 is 0 Å². The van der Waals surface area contributed by atoms with Gasteiger partial charge in [-0.3, -0.25) is 0 Å². The van der Waals surface area contributed by atoms with E-state index in [0.717, 1.165) is 18.8 Å². The number of unbranched alkanes of at least 4 members (excludes halogenated alkanes) is 2. The van der Waals surface area contributed by atoms with E-state index < -0.39 is 0 Å². The molecule has 1 unspecified atom stereocenters. The summed E-state index contributed by atoms with van der Waals surface area (Å²) in [5, 5.41) is 0. The first-order chi connectivity index (χ1) is 4.81. The average Bonchev–Trinajstić information content (AvgIpc) is 1.89. The standard InChI is InChI=1S/C10H20/c1-4-6-7-9-10(3)8-5-2/h10H,1-2,4-9H2,3H3. The van der Waals surface area contributed by atoms with Gasteiger partial charge in [0.2, 0.25) is 0 Å². The van der Waals surface area contributed by atoms with Crippen molar-refractivity contribution in [1.82, 2.24) is 0 Å². The second-order valence-electron chi connectivity index (χ2n) is 3.10. The second kappa shape index (κ2) is 7.11. The minimum absolute atomic E-state index is 0.879. The highest BCUT2D eigenvalue weighted by Crippen LogP contribution is 2.13. The van der Waals surface area contributed by atoms with E-state index in [9.17, 15) is 0 Å². The molecular weight excluding hydrogens is 120 g/mol. The lowest BCUT2D eigenvalue weighted by molar-refractivity contribution is 0.470. The van der Waals surface area contributed by atoms with Gasteiger partial charge < -0.3 is 0 Å². The normalized spacial score (nSPS) is 13.5. The zero-order valence-corrected chi connectivity index (χ0v) is 7.23. The van der Waals surface area contributed by atoms with E-state index in [1.54, 1.807) is 0 Å². The Labute approximate surface area is 66.0 Å². The summed E-state index contributed by atoms with van der Waals surface area (Å²) in [7, 11) is 0. The molecule has 0 heteroatoms. The predicted molar refractivity (Wildman–Crippen MR) is 47.6 cm³/mol. The summed E-state index contributed by atoms with van der Waals surface area (Å²) in [5.41, 5.74) is 0. The van der Waals surface area contributed by atoms with Crippen molar-refractivity contribution in [3.8, 4) is 0 Å². The fourth-order valence-electron chi connectivity index (χ4n) is 1.16. The van der Waals surface area contributed by atoms with Crippen molar-refractivity contribution in [3.05, 3.63) is 13.8 Å². The summed E-state index contributed by atoms with van der Waals surface area (Å²) in [5.74, 6) is 0.879. The third kappa shape index (κ3) is 6.12. The zero-order chi connectivity index (χ0) is 7.82. The van der Waals surface area contributed by atoms with E-state index in [1.807, 2.05) is 0 Å². The number of rotatable bonds is 6. The van der Waals surface area contributed by atoms with Crippen LogP contribution in [0.1, 0.15) is 45.4 Å². The fourth-order valence-corrected chi connectivity index (χ4v) is 1.16. The molecule has 10 heavy (non-hydrogen) atoms. The monoisotopic (exact) mass is 140 g/mol. The van der Waals surface area contributed by atoms with Crippen LogP contribution in [0.25, 0.3) is 0 Å². The Balaban J connectivity index is 2.97. The lowest BCUT2D eigenvalue weighted by Crippen LogP contribution is -1.92. The Morgan fingerprint density at radius 3 is 2.20 bits per heavy atom. The lowest BCUT2D eigenvalue weighted by Gasteiger charge is -2.07. The molecule has 0 aliphatic carbocycles. The third-order valence-corrected chi connectivity index (χ3v) is 1.89. The van der Waals surface area contributed by atoms with Crippen LogP contribution in [0.4, 0.5) is 0 Å². The molecule has 0 fully saturated rings. The van der Waals surface area contributed by atoms with Crippen molar-refractivity contribution in [3.63, 3.8) is 0 Å². The Bertz CT molecular complexity index is 57.1. The maximum atomic E-state index is 3.84. The van der Waals surface area contributed by atoms with Gasteiger partial charge in [0.25, 0.3) is 0 Å². The van der Waals surface area contributed by atoms with Crippen molar-refractivity contribution in [2.75, 3.05) is 0 Å². The van der Waals surface area contributed by atoms with Crippen LogP contribution in [0.3, 0.4) is 0 Å². The van der Waals surface area contributed by atoms with Gasteiger partial charge in [0.15, 0.2) is 0 Å². The van der Waals surface area contributed by atoms with Gasteiger partial charge in [-0.1, -0.05) is 59.3 Å². The highest BCUT2D eigenvalue weighted by molar-refractivity contribution is 4.55. The van der Waals surface area contributed by atoms with Crippen LogP contribution in [-0.4, -0.2) is 0 Å². The van der Waals surface area contributed by atoms with Gasteiger partial charge in [0.1, 0.15) is 0 Å². The van der Waals surface area contributed by atoms with Gasteiger partial charge in [0, 0.05) is 0 Å². The van der Waals surface area contributed by atoms with Crippen LogP contribution in [0, 0.1) is 19.8 Å². The summed E-state index contributed by atoms with van der Waals surface area (Å²) < 4.78 is 0. The van der Waals surface area contributed by atoms with Crippen molar-refractivity contribution in [1.29, 1.82) is 0 Å². The number of hydrogen-bond acceptors (Lipinski definition) is 0. The molecule has 0 saturated carbocycles. The Hall–Kier alpha value is 0. The third-order valence-electron chi connectivity index (χ3n) is 1.89. The van der Waals surface area contributed by atoms with Crippen molar-refractivity contribution < 1.29 is 0 Å². The van der Waals surface area contributed by atoms with E-state index in [1.165, 1.54) is 25.7 Å². The fraction of sp³-hybridized carbons (Fsp3) is 0.800. The van der Waals surface area contributed by atoms with E-state index in [-0.39, 0.29) is 0 Å². The number of hydrogen-bond donors (Lipinski definition) is 0. The quantitative estimate of drug-likeness (QED) is 0.494. The molecule has 0 rings (SSSR count). The van der Waals surface area contributed by atoms with E-state index in [2.05, 4.69) is 20.8 Å². The van der Waals surface area contributed by atoms with Crippen LogP contribution in [0.2, 0.25) is 0 Å². The summed E-state index contributed by atoms with van der Waals surface area (Å²) in [6.07, 6.45) is 7.48. The Morgan fingerprint density at radius 2 is 1.70 bits per heavy atom. The molecule has 0 N–H and O–H groups in total. The molecule has 0 spiro atoms. The molecular formula is C10H20. The molecule has 0 aromatic rings. The van der Waals surface area contributed by atoms with Crippen molar-refractivity contribution in [2.24, 2.45) is 5.92 Å². The van der Waals surface area contributed by atoms with E-state index >= 15 is 0 Å². The van der Waals surface area contributed by atoms with Gasteiger partial charge in [-0.2, -0.15) is 0 Å². The summed E-state index contributed by atoms with van der Waals surface area (Å²) in [6, 6.07) is 0. The molecule has 0 saturated heterocycles. The summed E-state index contributed by atoms with van der Waals surface area (Å²) >= 11 is 0. The van der Waals surface area contributed by atoms with Crippen LogP contribution < -0.4 is 0 Å². The maximum absolute atomic E-state index is 3.84. The van der Waals surface area contributed by atoms with Crippen molar-refractivity contribution in [2.45, 2.75) is 45.4 Å². The minimum Gasteiger partial charge on any atom is -0.0625 e. The average molecular weight is 140 g/mol. The predicted octanol–water partition coefficient (Wildman–Crippen LogP) is 3.63. The van der Waals surface area contributed by atoms with Gasteiger partial charge in [-0.05, 0) is 5.92 Å². The van der Waals surface area contributed by atoms with Crippen LogP contribution in [0.15, 0.2) is 0 Å². The molecule has 0 aromatic heterocycles. The smallest absolute Gasteiger partial charge is 0.0443 e. The molecule has 0 nitrogen and oxygen atoms in total. The highest BCUT2D eigenvalue weighted by atomic mass is 14.0. The molecule has 0 amide bonds. The topological polar surface area (TPSA) is 0 Å². The molecule has 2 radical (unpaired) electrons. The van der Waals surface area contributed by atoms with Gasteiger partial charge in [0.05, 0.1) is 0 Å². The molecule has 0 aromatic carbocycles. The first kappa shape index (κ1) is 10.0. The largest absolute Gasteiger partial charge is 0.0625 e. The Kier molecular flexibility index (Phi) is 7.11. The van der Waals surface area contributed by atoms with Crippen LogP contribution >= 0.6 is 0 Å². The van der Waals surface area contributed by atoms with Crippen LogP contribution in [-0.2, 0) is 0 Å². The summed E-state index contributed by atoms with van der Waals surface area (Å²) in [4.78, 5) is 0. The van der Waals surface area contributed by atoms with Crippen LogP contribution in [0.5, 0.6) is 0 Å². The molecule has 0 aliphatic rings. The Morgan fingerprint density at radius 1 is 1.00 bits per heavy atom. The highest BCUT2D eigenvalue weighted by Gasteiger charge is 1.98. The van der Waals surface area contributed by atoms with Gasteiger partial charge in [-0.25, -0.2) is 0 Å². The molecule has 0 heterocycles. The minimum atomic E-state index is 0.879. The molecule has 0 aliphatic heterocycles.